The zero-order valence-corrected chi connectivity index (χ0v) is 16.6. The number of nitrogens with one attached hydrogen (secondary N) is 1. The molecule has 1 aromatic carbocycles. The second kappa shape index (κ2) is 7.88. The molecule has 3 heterocycles. The molecule has 1 saturated heterocycles. The summed E-state index contributed by atoms with van der Waals surface area (Å²) in [6.45, 7) is 6.27. The molecule has 3 aromatic rings. The monoisotopic (exact) mass is 401 g/mol. The van der Waals surface area contributed by atoms with Crippen LogP contribution in [-0.4, -0.2) is 20.9 Å². The standard InChI is InChI=1S/C20H21FN4S2/c1-2-11-24-19(15-7-9-16(21)10-8-15)22-25(20(24)26)14-23-12-3-5-17(23)18-6-4-13-27-18/h2,4,6-10,13,17H,1,3,5,11-12,14H2/p+1/t17-/m0/s1. The van der Waals surface area contributed by atoms with Gasteiger partial charge in [-0.25, -0.2) is 4.39 Å². The van der Waals surface area contributed by atoms with Gasteiger partial charge in [0.15, 0.2) is 12.5 Å². The highest BCUT2D eigenvalue weighted by Crippen LogP contribution is 2.24. The molecule has 0 spiro atoms. The highest BCUT2D eigenvalue weighted by molar-refractivity contribution is 7.71. The van der Waals surface area contributed by atoms with E-state index >= 15 is 0 Å². The maximum absolute atomic E-state index is 13.3. The highest BCUT2D eigenvalue weighted by atomic mass is 32.1. The molecule has 0 radical (unpaired) electrons. The van der Waals surface area contributed by atoms with Crippen LogP contribution >= 0.6 is 23.6 Å². The van der Waals surface area contributed by atoms with E-state index in [4.69, 9.17) is 17.3 Å². The third-order valence-electron chi connectivity index (χ3n) is 5.06. The third-order valence-corrected chi connectivity index (χ3v) is 6.48. The molecule has 7 heteroatoms. The van der Waals surface area contributed by atoms with Crippen LogP contribution in [0.3, 0.4) is 0 Å². The van der Waals surface area contributed by atoms with Crippen molar-refractivity contribution < 1.29 is 9.29 Å². The van der Waals surface area contributed by atoms with Crippen LogP contribution in [0.2, 0.25) is 0 Å². The van der Waals surface area contributed by atoms with Gasteiger partial charge in [-0.15, -0.1) is 23.0 Å². The van der Waals surface area contributed by atoms with Crippen molar-refractivity contribution in [2.24, 2.45) is 0 Å². The van der Waals surface area contributed by atoms with Crippen molar-refractivity contribution in [1.29, 1.82) is 0 Å². The summed E-state index contributed by atoms with van der Waals surface area (Å²) in [5.41, 5.74) is 0.856. The molecular weight excluding hydrogens is 379 g/mol. The van der Waals surface area contributed by atoms with Gasteiger partial charge in [0, 0.05) is 24.9 Å². The molecule has 4 rings (SSSR count). The van der Waals surface area contributed by atoms with Crippen molar-refractivity contribution >= 4 is 23.6 Å². The van der Waals surface area contributed by atoms with Gasteiger partial charge in [-0.1, -0.05) is 12.1 Å². The molecule has 0 bridgehead atoms. The first-order valence-electron chi connectivity index (χ1n) is 9.10. The predicted octanol–water partition coefficient (Wildman–Crippen LogP) is 3.85. The van der Waals surface area contributed by atoms with Gasteiger partial charge in [0.2, 0.25) is 4.77 Å². The topological polar surface area (TPSA) is 27.2 Å². The summed E-state index contributed by atoms with van der Waals surface area (Å²) in [7, 11) is 0. The molecule has 0 saturated carbocycles. The van der Waals surface area contributed by atoms with Crippen molar-refractivity contribution in [3.8, 4) is 11.4 Å². The van der Waals surface area contributed by atoms with E-state index in [1.54, 1.807) is 12.1 Å². The predicted molar refractivity (Wildman–Crippen MR) is 109 cm³/mol. The first-order chi connectivity index (χ1) is 13.2. The molecule has 2 aromatic heterocycles. The number of hydrogen-bond acceptors (Lipinski definition) is 3. The minimum atomic E-state index is -0.257. The van der Waals surface area contributed by atoms with E-state index in [9.17, 15) is 4.39 Å². The van der Waals surface area contributed by atoms with Gasteiger partial charge in [0.25, 0.3) is 0 Å². The zero-order valence-electron chi connectivity index (χ0n) is 15.0. The number of quaternary nitrogens is 1. The molecule has 2 atom stereocenters. The zero-order chi connectivity index (χ0) is 18.8. The Morgan fingerprint density at radius 2 is 2.15 bits per heavy atom. The Kier molecular flexibility index (Phi) is 5.33. The smallest absolute Gasteiger partial charge is 0.203 e. The summed E-state index contributed by atoms with van der Waals surface area (Å²) in [6, 6.07) is 11.2. The molecule has 27 heavy (non-hydrogen) atoms. The normalized spacial score (nSPS) is 19.4. The van der Waals surface area contributed by atoms with Gasteiger partial charge in [0.05, 0.1) is 11.4 Å². The lowest BCUT2D eigenvalue weighted by molar-refractivity contribution is -0.941. The van der Waals surface area contributed by atoms with Crippen molar-refractivity contribution in [3.63, 3.8) is 0 Å². The Labute approximate surface area is 167 Å². The average molecular weight is 402 g/mol. The molecule has 1 unspecified atom stereocenters. The second-order valence-electron chi connectivity index (χ2n) is 6.79. The SMILES string of the molecule is C=CCn1c(-c2ccc(F)cc2)nn(C[NH+]2CCC[C@H]2c2cccs2)c1=S. The maximum Gasteiger partial charge on any atom is 0.203 e. The number of rotatable bonds is 6. The number of likely N-dealkylation sites (tertiary alicyclic amines) is 1. The fourth-order valence-corrected chi connectivity index (χ4v) is 4.96. The number of aromatic nitrogens is 3. The van der Waals surface area contributed by atoms with E-state index in [0.717, 1.165) is 24.6 Å². The third kappa shape index (κ3) is 3.67. The highest BCUT2D eigenvalue weighted by Gasteiger charge is 2.31. The maximum atomic E-state index is 13.3. The number of nitrogens with zero attached hydrogens (tertiary/aromatic N) is 3. The van der Waals surface area contributed by atoms with Crippen LogP contribution in [0.15, 0.2) is 54.4 Å². The first-order valence-corrected chi connectivity index (χ1v) is 10.4. The Morgan fingerprint density at radius 3 is 2.85 bits per heavy atom. The van der Waals surface area contributed by atoms with Gasteiger partial charge in [0.1, 0.15) is 11.9 Å². The van der Waals surface area contributed by atoms with Crippen LogP contribution in [0.25, 0.3) is 11.4 Å². The fourth-order valence-electron chi connectivity index (χ4n) is 3.78. The lowest BCUT2D eigenvalue weighted by Gasteiger charge is -2.20. The summed E-state index contributed by atoms with van der Waals surface area (Å²) in [4.78, 5) is 2.92. The van der Waals surface area contributed by atoms with E-state index in [1.165, 1.54) is 34.8 Å². The van der Waals surface area contributed by atoms with Gasteiger partial charge in [-0.05, 0) is 47.9 Å². The lowest BCUT2D eigenvalue weighted by atomic mass is 10.2. The van der Waals surface area contributed by atoms with Crippen LogP contribution in [0.5, 0.6) is 0 Å². The Hall–Kier alpha value is -2.09. The van der Waals surface area contributed by atoms with Crippen molar-refractivity contribution in [2.75, 3.05) is 6.54 Å². The quantitative estimate of drug-likeness (QED) is 0.502. The molecule has 1 aliphatic heterocycles. The first kappa shape index (κ1) is 18.3. The number of halogens is 1. The van der Waals surface area contributed by atoms with Gasteiger partial charge >= 0.3 is 0 Å². The van der Waals surface area contributed by atoms with E-state index in [-0.39, 0.29) is 5.82 Å². The molecule has 1 N–H and O–H groups in total. The lowest BCUT2D eigenvalue weighted by Crippen LogP contribution is -3.09. The minimum Gasteiger partial charge on any atom is -0.309 e. The number of allylic oxidation sites excluding steroid dienone is 1. The summed E-state index contributed by atoms with van der Waals surface area (Å²) in [5, 5.41) is 6.94. The van der Waals surface area contributed by atoms with E-state index in [2.05, 4.69) is 24.1 Å². The largest absolute Gasteiger partial charge is 0.309 e. The molecular formula is C20H22FN4S2+. The number of benzene rings is 1. The Bertz CT molecular complexity index is 973. The summed E-state index contributed by atoms with van der Waals surface area (Å²) < 4.78 is 17.9. The van der Waals surface area contributed by atoms with Crippen LogP contribution in [-0.2, 0) is 13.2 Å². The van der Waals surface area contributed by atoms with E-state index in [1.807, 2.05) is 26.7 Å². The summed E-state index contributed by atoms with van der Waals surface area (Å²) >= 11 is 7.53. The average Bonchev–Trinajstić information content (AvgIpc) is 3.40. The Morgan fingerprint density at radius 1 is 1.33 bits per heavy atom. The fraction of sp³-hybridized carbons (Fsp3) is 0.300. The second-order valence-corrected chi connectivity index (χ2v) is 8.13. The van der Waals surface area contributed by atoms with Crippen LogP contribution in [0.1, 0.15) is 23.8 Å². The summed E-state index contributed by atoms with van der Waals surface area (Å²) in [5.74, 6) is 0.499. The number of hydrogen-bond donors (Lipinski definition) is 1. The molecule has 0 aliphatic carbocycles. The van der Waals surface area contributed by atoms with Gasteiger partial charge < -0.3 is 4.90 Å². The van der Waals surface area contributed by atoms with Crippen LogP contribution in [0.4, 0.5) is 4.39 Å². The molecule has 4 nitrogen and oxygen atoms in total. The van der Waals surface area contributed by atoms with Crippen molar-refractivity contribution in [1.82, 2.24) is 14.3 Å². The van der Waals surface area contributed by atoms with E-state index < -0.39 is 0 Å². The molecule has 140 valence electrons. The van der Waals surface area contributed by atoms with Crippen LogP contribution < -0.4 is 4.90 Å². The van der Waals surface area contributed by atoms with Gasteiger partial charge in [-0.3, -0.25) is 4.57 Å². The minimum absolute atomic E-state index is 0.257. The molecule has 1 aliphatic rings. The molecule has 1 fully saturated rings. The van der Waals surface area contributed by atoms with Crippen LogP contribution in [0, 0.1) is 10.6 Å². The van der Waals surface area contributed by atoms with Crippen molar-refractivity contribution in [2.45, 2.75) is 32.1 Å². The summed E-state index contributed by atoms with van der Waals surface area (Å²) in [6.07, 6.45) is 4.22. The molecule has 0 amide bonds. The number of thiophene rings is 1. The van der Waals surface area contributed by atoms with E-state index in [0.29, 0.717) is 17.4 Å². The van der Waals surface area contributed by atoms with Crippen molar-refractivity contribution in [3.05, 3.63) is 69.9 Å². The Balaban J connectivity index is 1.67. The van der Waals surface area contributed by atoms with Gasteiger partial charge in [-0.2, -0.15) is 4.68 Å².